The van der Waals surface area contributed by atoms with Crippen LogP contribution < -0.4 is 15.5 Å². The van der Waals surface area contributed by atoms with Crippen LogP contribution in [-0.2, 0) is 4.79 Å². The fourth-order valence-electron chi connectivity index (χ4n) is 2.55. The Morgan fingerprint density at radius 3 is 2.48 bits per heavy atom. The molecule has 0 bridgehead atoms. The van der Waals surface area contributed by atoms with Gasteiger partial charge in [0, 0.05) is 16.3 Å². The summed E-state index contributed by atoms with van der Waals surface area (Å²) in [7, 11) is 0. The van der Waals surface area contributed by atoms with Crippen molar-refractivity contribution in [1.82, 2.24) is 5.43 Å². The van der Waals surface area contributed by atoms with Crippen LogP contribution in [-0.4, -0.2) is 24.6 Å². The van der Waals surface area contributed by atoms with Gasteiger partial charge in [-0.2, -0.15) is 5.10 Å². The van der Waals surface area contributed by atoms with Crippen LogP contribution in [0.25, 0.3) is 0 Å². The van der Waals surface area contributed by atoms with Gasteiger partial charge in [0.25, 0.3) is 11.8 Å². The van der Waals surface area contributed by atoms with E-state index < -0.39 is 5.91 Å². The molecule has 3 rings (SSSR count). The monoisotopic (exact) mass is 439 g/mol. The van der Waals surface area contributed by atoms with E-state index in [9.17, 15) is 14.0 Å². The number of ether oxygens (including phenoxy) is 1. The van der Waals surface area contributed by atoms with E-state index in [0.29, 0.717) is 27.6 Å². The summed E-state index contributed by atoms with van der Waals surface area (Å²) in [5, 5.41) is 7.17. The van der Waals surface area contributed by atoms with Crippen molar-refractivity contribution in [3.63, 3.8) is 0 Å². The number of benzene rings is 3. The number of carbonyl (C=O) groups is 2. The highest BCUT2D eigenvalue weighted by Gasteiger charge is 2.10. The SMILES string of the molecule is Cc1c(Cl)cccc1NC(=O)c1ccc(OCC(=O)NN=Cc2ccc(F)cc2)cc1. The molecule has 3 aromatic carbocycles. The molecule has 6 nitrogen and oxygen atoms in total. The second-order valence-corrected chi connectivity index (χ2v) is 6.93. The van der Waals surface area contributed by atoms with Crippen LogP contribution >= 0.6 is 11.6 Å². The largest absolute Gasteiger partial charge is 0.484 e. The zero-order valence-corrected chi connectivity index (χ0v) is 17.3. The van der Waals surface area contributed by atoms with E-state index >= 15 is 0 Å². The first-order valence-electron chi connectivity index (χ1n) is 9.29. The first kappa shape index (κ1) is 22.0. The maximum atomic E-state index is 12.8. The van der Waals surface area contributed by atoms with Crippen LogP contribution in [0.4, 0.5) is 10.1 Å². The molecular formula is C23H19ClFN3O3. The predicted octanol–water partition coefficient (Wildman–Crippen LogP) is 4.57. The van der Waals surface area contributed by atoms with Gasteiger partial charge in [0.05, 0.1) is 6.21 Å². The topological polar surface area (TPSA) is 79.8 Å². The summed E-state index contributed by atoms with van der Waals surface area (Å²) >= 11 is 6.07. The second-order valence-electron chi connectivity index (χ2n) is 6.52. The minimum atomic E-state index is -0.461. The molecule has 158 valence electrons. The van der Waals surface area contributed by atoms with Crippen LogP contribution in [0.3, 0.4) is 0 Å². The number of nitrogens with zero attached hydrogens (tertiary/aromatic N) is 1. The van der Waals surface area contributed by atoms with Gasteiger partial charge in [0.1, 0.15) is 11.6 Å². The third-order valence-electron chi connectivity index (χ3n) is 4.28. The molecule has 0 spiro atoms. The smallest absolute Gasteiger partial charge is 0.277 e. The molecule has 0 saturated carbocycles. The van der Waals surface area contributed by atoms with Gasteiger partial charge >= 0.3 is 0 Å². The van der Waals surface area contributed by atoms with Gasteiger partial charge in [0.15, 0.2) is 6.61 Å². The number of hydrogen-bond acceptors (Lipinski definition) is 4. The van der Waals surface area contributed by atoms with Gasteiger partial charge in [-0.05, 0) is 66.6 Å². The highest BCUT2D eigenvalue weighted by atomic mass is 35.5. The van der Waals surface area contributed by atoms with Crippen LogP contribution in [0.15, 0.2) is 71.8 Å². The maximum Gasteiger partial charge on any atom is 0.277 e. The van der Waals surface area contributed by atoms with Crippen molar-refractivity contribution in [3.8, 4) is 5.75 Å². The van der Waals surface area contributed by atoms with Crippen molar-refractivity contribution in [2.24, 2.45) is 5.10 Å². The Morgan fingerprint density at radius 2 is 1.77 bits per heavy atom. The molecule has 0 fully saturated rings. The van der Waals surface area contributed by atoms with Crippen LogP contribution in [0, 0.1) is 12.7 Å². The summed E-state index contributed by atoms with van der Waals surface area (Å²) in [6.45, 7) is 1.57. The molecule has 0 unspecified atom stereocenters. The average molecular weight is 440 g/mol. The minimum Gasteiger partial charge on any atom is -0.484 e. The molecule has 0 saturated heterocycles. The third-order valence-corrected chi connectivity index (χ3v) is 4.68. The summed E-state index contributed by atoms with van der Waals surface area (Å²) in [5.74, 6) is -0.674. The van der Waals surface area contributed by atoms with E-state index in [2.05, 4.69) is 15.8 Å². The van der Waals surface area contributed by atoms with Crippen molar-refractivity contribution < 1.29 is 18.7 Å². The van der Waals surface area contributed by atoms with Crippen LogP contribution in [0.2, 0.25) is 5.02 Å². The highest BCUT2D eigenvalue weighted by Crippen LogP contribution is 2.23. The fourth-order valence-corrected chi connectivity index (χ4v) is 2.72. The van der Waals surface area contributed by atoms with Gasteiger partial charge in [-0.3, -0.25) is 9.59 Å². The van der Waals surface area contributed by atoms with E-state index in [1.165, 1.54) is 30.5 Å². The lowest BCUT2D eigenvalue weighted by molar-refractivity contribution is -0.123. The van der Waals surface area contributed by atoms with E-state index in [4.69, 9.17) is 16.3 Å². The Balaban J connectivity index is 1.48. The van der Waals surface area contributed by atoms with Crippen molar-refractivity contribution in [2.45, 2.75) is 6.92 Å². The molecular weight excluding hydrogens is 421 g/mol. The third kappa shape index (κ3) is 6.38. The number of amides is 2. The van der Waals surface area contributed by atoms with Crippen molar-refractivity contribution >= 4 is 35.3 Å². The Bertz CT molecular complexity index is 1100. The number of rotatable bonds is 7. The first-order valence-corrected chi connectivity index (χ1v) is 9.67. The van der Waals surface area contributed by atoms with Gasteiger partial charge in [-0.1, -0.05) is 29.8 Å². The lowest BCUT2D eigenvalue weighted by Crippen LogP contribution is -2.24. The summed E-state index contributed by atoms with van der Waals surface area (Å²) < 4.78 is 18.2. The van der Waals surface area contributed by atoms with E-state index in [1.807, 2.05) is 6.92 Å². The van der Waals surface area contributed by atoms with E-state index in [1.54, 1.807) is 42.5 Å². The van der Waals surface area contributed by atoms with E-state index in [-0.39, 0.29) is 18.3 Å². The molecule has 3 aromatic rings. The molecule has 2 amide bonds. The molecule has 2 N–H and O–H groups in total. The summed E-state index contributed by atoms with van der Waals surface area (Å²) in [4.78, 5) is 24.2. The summed E-state index contributed by atoms with van der Waals surface area (Å²) in [5.41, 5.74) is 4.81. The number of carbonyl (C=O) groups excluding carboxylic acids is 2. The molecule has 0 aliphatic rings. The van der Waals surface area contributed by atoms with E-state index in [0.717, 1.165) is 5.56 Å². The maximum absolute atomic E-state index is 12.8. The summed E-state index contributed by atoms with van der Waals surface area (Å²) in [6.07, 6.45) is 1.40. The Kier molecular flexibility index (Phi) is 7.35. The zero-order chi connectivity index (χ0) is 22.2. The summed E-state index contributed by atoms with van der Waals surface area (Å²) in [6, 6.07) is 17.3. The highest BCUT2D eigenvalue weighted by molar-refractivity contribution is 6.31. The van der Waals surface area contributed by atoms with Gasteiger partial charge in [-0.25, -0.2) is 9.82 Å². The zero-order valence-electron chi connectivity index (χ0n) is 16.6. The number of halogens is 2. The Hall–Kier alpha value is -3.71. The molecule has 0 heterocycles. The normalized spacial score (nSPS) is 10.7. The lowest BCUT2D eigenvalue weighted by Gasteiger charge is -2.10. The van der Waals surface area contributed by atoms with Crippen molar-refractivity contribution in [3.05, 3.63) is 94.3 Å². The number of nitrogens with one attached hydrogen (secondary N) is 2. The molecule has 8 heteroatoms. The van der Waals surface area contributed by atoms with Gasteiger partial charge in [-0.15, -0.1) is 0 Å². The standard InChI is InChI=1S/C23H19ClFN3O3/c1-15-20(24)3-2-4-21(15)27-23(30)17-7-11-19(12-8-17)31-14-22(29)28-26-13-16-5-9-18(25)10-6-16/h2-13H,14H2,1H3,(H,27,30)(H,28,29). The molecule has 0 atom stereocenters. The van der Waals surface area contributed by atoms with Crippen LogP contribution in [0.1, 0.15) is 21.5 Å². The Morgan fingerprint density at radius 1 is 1.06 bits per heavy atom. The number of hydrazone groups is 1. The molecule has 31 heavy (non-hydrogen) atoms. The number of anilines is 1. The van der Waals surface area contributed by atoms with Crippen molar-refractivity contribution in [2.75, 3.05) is 11.9 Å². The van der Waals surface area contributed by atoms with Crippen molar-refractivity contribution in [1.29, 1.82) is 0 Å². The second kappa shape index (κ2) is 10.4. The Labute approximate surface area is 183 Å². The molecule has 0 radical (unpaired) electrons. The van der Waals surface area contributed by atoms with Gasteiger partial charge in [0.2, 0.25) is 0 Å². The predicted molar refractivity (Wildman–Crippen MR) is 118 cm³/mol. The molecule has 0 aliphatic heterocycles. The fraction of sp³-hybridized carbons (Fsp3) is 0.0870. The van der Waals surface area contributed by atoms with Gasteiger partial charge < -0.3 is 10.1 Å². The average Bonchev–Trinajstić information content (AvgIpc) is 2.77. The molecule has 0 aromatic heterocycles. The first-order chi connectivity index (χ1) is 14.9. The quantitative estimate of drug-likeness (QED) is 0.418. The van der Waals surface area contributed by atoms with Crippen LogP contribution in [0.5, 0.6) is 5.75 Å². The number of hydrogen-bond donors (Lipinski definition) is 2. The minimum absolute atomic E-state index is 0.256. The lowest BCUT2D eigenvalue weighted by atomic mass is 10.1. The molecule has 0 aliphatic carbocycles.